The molecule has 0 radical (unpaired) electrons. The maximum absolute atomic E-state index is 12.3. The van der Waals surface area contributed by atoms with Gasteiger partial charge in [0.1, 0.15) is 6.61 Å². The summed E-state index contributed by atoms with van der Waals surface area (Å²) < 4.78 is 10.5. The van der Waals surface area contributed by atoms with Gasteiger partial charge in [-0.25, -0.2) is 0 Å². The fraction of sp³-hybridized carbons (Fsp3) is 0.632. The first-order valence-electron chi connectivity index (χ1n) is 7.71. The fourth-order valence-electron chi connectivity index (χ4n) is 2.69. The van der Waals surface area contributed by atoms with E-state index in [0.29, 0.717) is 6.61 Å². The molecule has 0 atom stereocenters. The molecule has 0 unspecified atom stereocenters. The van der Waals surface area contributed by atoms with E-state index in [0.717, 1.165) is 5.56 Å². The summed E-state index contributed by atoms with van der Waals surface area (Å²) in [6.07, 6.45) is 0. The van der Waals surface area contributed by atoms with Gasteiger partial charge < -0.3 is 9.47 Å². The van der Waals surface area contributed by atoms with Crippen LogP contribution < -0.4 is 0 Å². The summed E-state index contributed by atoms with van der Waals surface area (Å²) >= 11 is 0. The number of carbonyl (C=O) groups excluding carboxylic acids is 1. The van der Waals surface area contributed by atoms with Crippen LogP contribution in [-0.2, 0) is 26.9 Å². The number of ketones is 1. The second-order valence-electron chi connectivity index (χ2n) is 7.84. The highest BCUT2D eigenvalue weighted by molar-refractivity contribution is 5.97. The summed E-state index contributed by atoms with van der Waals surface area (Å²) in [6, 6.07) is 4.01. The van der Waals surface area contributed by atoms with Crippen LogP contribution in [0.15, 0.2) is 12.1 Å². The van der Waals surface area contributed by atoms with Gasteiger partial charge in [-0.2, -0.15) is 0 Å². The van der Waals surface area contributed by atoms with Crippen molar-refractivity contribution in [2.45, 2.75) is 59.0 Å². The average Bonchev–Trinajstić information content (AvgIpc) is 2.36. The number of methoxy groups -OCH3 is 2. The van der Waals surface area contributed by atoms with Crippen molar-refractivity contribution >= 4 is 5.78 Å². The Bertz CT molecular complexity index is 496. The molecular weight excluding hydrogens is 276 g/mol. The number of carbonyl (C=O) groups is 1. The monoisotopic (exact) mass is 306 g/mol. The number of ether oxygens (including phenoxy) is 2. The Morgan fingerprint density at radius 1 is 0.909 bits per heavy atom. The highest BCUT2D eigenvalue weighted by Gasteiger charge is 2.27. The van der Waals surface area contributed by atoms with E-state index in [2.05, 4.69) is 41.5 Å². The maximum Gasteiger partial charge on any atom is 0.188 e. The molecule has 0 spiro atoms. The predicted molar refractivity (Wildman–Crippen MR) is 90.8 cm³/mol. The van der Waals surface area contributed by atoms with Gasteiger partial charge >= 0.3 is 0 Å². The van der Waals surface area contributed by atoms with Gasteiger partial charge in [-0.15, -0.1) is 0 Å². The molecule has 0 aliphatic heterocycles. The molecule has 0 fully saturated rings. The summed E-state index contributed by atoms with van der Waals surface area (Å²) in [5.74, 6) is 0.0162. The molecule has 0 aliphatic rings. The molecule has 3 nitrogen and oxygen atoms in total. The summed E-state index contributed by atoms with van der Waals surface area (Å²) in [5, 5.41) is 0. The highest BCUT2D eigenvalue weighted by Crippen LogP contribution is 2.35. The highest BCUT2D eigenvalue weighted by atomic mass is 16.5. The smallest absolute Gasteiger partial charge is 0.188 e. The van der Waals surface area contributed by atoms with Crippen LogP contribution >= 0.6 is 0 Å². The lowest BCUT2D eigenvalue weighted by atomic mass is 9.75. The number of hydrogen-bond donors (Lipinski definition) is 0. The van der Waals surface area contributed by atoms with Crippen LogP contribution in [0.5, 0.6) is 0 Å². The van der Waals surface area contributed by atoms with E-state index in [4.69, 9.17) is 9.47 Å². The van der Waals surface area contributed by atoms with Gasteiger partial charge in [0.05, 0.1) is 6.61 Å². The lowest BCUT2D eigenvalue weighted by Gasteiger charge is -2.30. The first-order chi connectivity index (χ1) is 10.0. The van der Waals surface area contributed by atoms with Crippen molar-refractivity contribution in [2.75, 3.05) is 20.8 Å². The van der Waals surface area contributed by atoms with E-state index < -0.39 is 0 Å². The van der Waals surface area contributed by atoms with Crippen molar-refractivity contribution in [3.63, 3.8) is 0 Å². The molecule has 1 aromatic carbocycles. The minimum Gasteiger partial charge on any atom is -0.380 e. The lowest BCUT2D eigenvalue weighted by molar-refractivity contribution is 0.0847. The number of rotatable bonds is 5. The maximum atomic E-state index is 12.3. The van der Waals surface area contributed by atoms with Gasteiger partial charge in [0.2, 0.25) is 0 Å². The Labute approximate surface area is 135 Å². The minimum atomic E-state index is -0.0583. The molecule has 0 aliphatic carbocycles. The van der Waals surface area contributed by atoms with Gasteiger partial charge in [-0.1, -0.05) is 41.5 Å². The Morgan fingerprint density at radius 2 is 1.36 bits per heavy atom. The first-order valence-corrected chi connectivity index (χ1v) is 7.71. The zero-order valence-electron chi connectivity index (χ0n) is 15.3. The molecule has 0 N–H and O–H groups in total. The Kier molecular flexibility index (Phi) is 5.94. The molecule has 0 bridgehead atoms. The van der Waals surface area contributed by atoms with E-state index in [1.807, 2.05) is 12.1 Å². The third-order valence-electron chi connectivity index (χ3n) is 3.75. The van der Waals surface area contributed by atoms with Crippen molar-refractivity contribution in [3.05, 3.63) is 34.4 Å². The van der Waals surface area contributed by atoms with Crippen molar-refractivity contribution in [1.29, 1.82) is 0 Å². The van der Waals surface area contributed by atoms with Crippen LogP contribution in [0.25, 0.3) is 0 Å². The second kappa shape index (κ2) is 6.93. The van der Waals surface area contributed by atoms with Gasteiger partial charge in [0, 0.05) is 19.8 Å². The second-order valence-corrected chi connectivity index (χ2v) is 7.84. The van der Waals surface area contributed by atoms with Crippen LogP contribution in [0, 0.1) is 0 Å². The van der Waals surface area contributed by atoms with Crippen LogP contribution in [0.3, 0.4) is 0 Å². The molecule has 0 amide bonds. The zero-order chi connectivity index (χ0) is 17.1. The molecular formula is C19H30O3. The molecule has 0 saturated carbocycles. The van der Waals surface area contributed by atoms with E-state index in [-0.39, 0.29) is 23.2 Å². The standard InChI is InChI=1S/C19H30O3/c1-18(2,3)15-9-13(17(20)12-22-8)10-16(19(4,5)6)14(15)11-21-7/h9-10H,11-12H2,1-8H3. The summed E-state index contributed by atoms with van der Waals surface area (Å²) in [7, 11) is 3.26. The van der Waals surface area contributed by atoms with Crippen LogP contribution in [0.2, 0.25) is 0 Å². The van der Waals surface area contributed by atoms with Crippen molar-refractivity contribution in [3.8, 4) is 0 Å². The molecule has 0 aromatic heterocycles. The van der Waals surface area contributed by atoms with E-state index in [9.17, 15) is 4.79 Å². The number of hydrogen-bond acceptors (Lipinski definition) is 3. The van der Waals surface area contributed by atoms with Gasteiger partial charge in [0.25, 0.3) is 0 Å². The Balaban J connectivity index is 3.64. The average molecular weight is 306 g/mol. The van der Waals surface area contributed by atoms with E-state index >= 15 is 0 Å². The molecule has 22 heavy (non-hydrogen) atoms. The molecule has 0 heterocycles. The summed E-state index contributed by atoms with van der Waals surface area (Å²) in [4.78, 5) is 12.3. The Hall–Kier alpha value is -1.19. The van der Waals surface area contributed by atoms with Crippen molar-refractivity contribution < 1.29 is 14.3 Å². The van der Waals surface area contributed by atoms with Crippen molar-refractivity contribution in [1.82, 2.24) is 0 Å². The molecule has 1 aromatic rings. The molecule has 1 rings (SSSR count). The topological polar surface area (TPSA) is 35.5 Å². The minimum absolute atomic E-state index is 0.0162. The largest absolute Gasteiger partial charge is 0.380 e. The van der Waals surface area contributed by atoms with Gasteiger partial charge in [0.15, 0.2) is 5.78 Å². The Morgan fingerprint density at radius 3 is 1.68 bits per heavy atom. The number of benzene rings is 1. The third kappa shape index (κ3) is 4.40. The molecule has 3 heteroatoms. The van der Waals surface area contributed by atoms with E-state index in [1.165, 1.54) is 16.7 Å². The normalized spacial score (nSPS) is 12.5. The fourth-order valence-corrected chi connectivity index (χ4v) is 2.69. The lowest BCUT2D eigenvalue weighted by Crippen LogP contribution is -2.23. The summed E-state index contributed by atoms with van der Waals surface area (Å²) in [5.41, 5.74) is 4.13. The number of Topliss-reactive ketones (excluding diaryl/α,β-unsaturated/α-hetero) is 1. The van der Waals surface area contributed by atoms with Crippen LogP contribution in [-0.4, -0.2) is 26.6 Å². The first kappa shape index (κ1) is 18.9. The van der Waals surface area contributed by atoms with E-state index in [1.54, 1.807) is 14.2 Å². The van der Waals surface area contributed by atoms with Gasteiger partial charge in [-0.05, 0) is 39.7 Å². The third-order valence-corrected chi connectivity index (χ3v) is 3.75. The summed E-state index contributed by atoms with van der Waals surface area (Å²) in [6.45, 7) is 13.7. The quantitative estimate of drug-likeness (QED) is 0.763. The molecule has 0 saturated heterocycles. The van der Waals surface area contributed by atoms with Crippen molar-refractivity contribution in [2.24, 2.45) is 0 Å². The molecule has 124 valence electrons. The predicted octanol–water partition coefficient (Wildman–Crippen LogP) is 4.26. The van der Waals surface area contributed by atoms with Crippen LogP contribution in [0.4, 0.5) is 0 Å². The SMILES string of the molecule is COCC(=O)c1cc(C(C)(C)C)c(COC)c(C(C)(C)C)c1. The van der Waals surface area contributed by atoms with Gasteiger partial charge in [-0.3, -0.25) is 4.79 Å². The van der Waals surface area contributed by atoms with Crippen LogP contribution in [0.1, 0.15) is 68.6 Å². The zero-order valence-corrected chi connectivity index (χ0v) is 15.3.